The second-order valence-electron chi connectivity index (χ2n) is 8.31. The number of amides is 1. The topological polar surface area (TPSA) is 65.4 Å². The third-order valence-corrected chi connectivity index (χ3v) is 5.46. The van der Waals surface area contributed by atoms with E-state index in [-0.39, 0.29) is 24.2 Å². The van der Waals surface area contributed by atoms with Crippen LogP contribution >= 0.6 is 0 Å². The van der Waals surface area contributed by atoms with E-state index in [2.05, 4.69) is 46.9 Å². The minimum Gasteiger partial charge on any atom is -0.461 e. The lowest BCUT2D eigenvalue weighted by Crippen LogP contribution is -2.37. The number of hydrogen-bond acceptors (Lipinski definition) is 4. The van der Waals surface area contributed by atoms with Gasteiger partial charge in [-0.2, -0.15) is 4.98 Å². The molecule has 0 saturated heterocycles. The first-order valence-corrected chi connectivity index (χ1v) is 10.3. The summed E-state index contributed by atoms with van der Waals surface area (Å²) in [7, 11) is 2.02. The van der Waals surface area contributed by atoms with Gasteiger partial charge in [0.05, 0.1) is 23.7 Å². The summed E-state index contributed by atoms with van der Waals surface area (Å²) in [4.78, 5) is 15.8. The van der Waals surface area contributed by atoms with Crippen molar-refractivity contribution in [3.63, 3.8) is 0 Å². The standard InChI is InChI=1S/C22H33N3O3/c1-14(2)17-6-11-20-21(12-17)25(5)22(24-20)28-19-9-7-18(8-10-19)27-13-15(3)23-16(4)26/h6,11-12,14-15,18-19H,7-10,13H2,1-5H3,(H,23,26)/t15-,18?,19?/m0/s1. The number of benzene rings is 1. The van der Waals surface area contributed by atoms with Crippen LogP contribution in [0, 0.1) is 0 Å². The van der Waals surface area contributed by atoms with E-state index >= 15 is 0 Å². The third-order valence-electron chi connectivity index (χ3n) is 5.46. The number of nitrogens with one attached hydrogen (secondary N) is 1. The predicted octanol–water partition coefficient (Wildman–Crippen LogP) is 3.93. The first-order chi connectivity index (χ1) is 13.3. The second kappa shape index (κ2) is 8.95. The largest absolute Gasteiger partial charge is 0.461 e. The van der Waals surface area contributed by atoms with Crippen molar-refractivity contribution in [1.29, 1.82) is 0 Å². The van der Waals surface area contributed by atoms with E-state index in [9.17, 15) is 4.79 Å². The van der Waals surface area contributed by atoms with Crippen LogP contribution in [0.15, 0.2) is 18.2 Å². The number of aromatic nitrogens is 2. The molecule has 0 radical (unpaired) electrons. The van der Waals surface area contributed by atoms with E-state index < -0.39 is 0 Å². The molecule has 1 aromatic carbocycles. The van der Waals surface area contributed by atoms with Crippen molar-refractivity contribution in [3.8, 4) is 6.01 Å². The van der Waals surface area contributed by atoms with Gasteiger partial charge in [0.2, 0.25) is 5.91 Å². The predicted molar refractivity (Wildman–Crippen MR) is 111 cm³/mol. The highest BCUT2D eigenvalue weighted by Crippen LogP contribution is 2.28. The molecule has 1 heterocycles. The molecule has 1 aromatic heterocycles. The summed E-state index contributed by atoms with van der Waals surface area (Å²) in [5.41, 5.74) is 3.41. The Labute approximate surface area is 167 Å². The lowest BCUT2D eigenvalue weighted by Gasteiger charge is -2.29. The minimum atomic E-state index is -0.0174. The molecule has 1 amide bonds. The number of aryl methyl sites for hydroxylation is 1. The van der Waals surface area contributed by atoms with Crippen LogP contribution in [-0.2, 0) is 16.6 Å². The number of imidazole rings is 1. The summed E-state index contributed by atoms with van der Waals surface area (Å²) in [6.07, 6.45) is 4.27. The van der Waals surface area contributed by atoms with Crippen molar-refractivity contribution in [2.75, 3.05) is 6.61 Å². The summed E-state index contributed by atoms with van der Waals surface area (Å²) < 4.78 is 14.3. The zero-order chi connectivity index (χ0) is 20.3. The molecule has 1 saturated carbocycles. The maximum absolute atomic E-state index is 11.1. The molecular formula is C22H33N3O3. The van der Waals surface area contributed by atoms with Crippen molar-refractivity contribution < 1.29 is 14.3 Å². The summed E-state index contributed by atoms with van der Waals surface area (Å²) in [6, 6.07) is 7.18. The van der Waals surface area contributed by atoms with Crippen LogP contribution in [0.2, 0.25) is 0 Å². The minimum absolute atomic E-state index is 0.0174. The molecule has 1 aliphatic carbocycles. The zero-order valence-electron chi connectivity index (χ0n) is 17.7. The van der Waals surface area contributed by atoms with Gasteiger partial charge < -0.3 is 14.8 Å². The summed E-state index contributed by atoms with van der Waals surface area (Å²) in [6.45, 7) is 8.45. The number of carbonyl (C=O) groups excluding carboxylic acids is 1. The molecule has 1 atom stereocenters. The Kier molecular flexibility index (Phi) is 6.60. The van der Waals surface area contributed by atoms with Gasteiger partial charge in [-0.3, -0.25) is 9.36 Å². The third kappa shape index (κ3) is 5.04. The van der Waals surface area contributed by atoms with Crippen LogP contribution < -0.4 is 10.1 Å². The van der Waals surface area contributed by atoms with E-state index in [1.54, 1.807) is 0 Å². The Bertz CT molecular complexity index is 807. The average molecular weight is 388 g/mol. The fourth-order valence-electron chi connectivity index (χ4n) is 3.78. The average Bonchev–Trinajstić information content (AvgIpc) is 2.96. The number of fused-ring (bicyclic) bond motifs is 1. The number of carbonyl (C=O) groups is 1. The maximum Gasteiger partial charge on any atom is 0.297 e. The molecule has 3 rings (SSSR count). The van der Waals surface area contributed by atoms with Crippen molar-refractivity contribution in [1.82, 2.24) is 14.9 Å². The normalized spacial score (nSPS) is 21.1. The van der Waals surface area contributed by atoms with Gasteiger partial charge in [0.25, 0.3) is 6.01 Å². The number of ether oxygens (including phenoxy) is 2. The second-order valence-corrected chi connectivity index (χ2v) is 8.31. The van der Waals surface area contributed by atoms with Gasteiger partial charge in [-0.05, 0) is 56.2 Å². The zero-order valence-corrected chi connectivity index (χ0v) is 17.7. The van der Waals surface area contributed by atoms with Crippen LogP contribution in [0.25, 0.3) is 11.0 Å². The Morgan fingerprint density at radius 3 is 2.54 bits per heavy atom. The number of nitrogens with zero attached hydrogens (tertiary/aromatic N) is 2. The summed E-state index contributed by atoms with van der Waals surface area (Å²) in [5.74, 6) is 0.475. The molecule has 154 valence electrons. The molecule has 1 fully saturated rings. The summed E-state index contributed by atoms with van der Waals surface area (Å²) in [5, 5.41) is 2.85. The van der Waals surface area contributed by atoms with Crippen molar-refractivity contribution >= 4 is 16.9 Å². The lowest BCUT2D eigenvalue weighted by molar-refractivity contribution is -0.120. The van der Waals surface area contributed by atoms with Crippen molar-refractivity contribution in [3.05, 3.63) is 23.8 Å². The van der Waals surface area contributed by atoms with Crippen LogP contribution in [0.1, 0.15) is 64.9 Å². The molecule has 28 heavy (non-hydrogen) atoms. The molecule has 0 aliphatic heterocycles. The molecule has 0 bridgehead atoms. The highest BCUT2D eigenvalue weighted by molar-refractivity contribution is 5.77. The number of rotatable bonds is 7. The Hall–Kier alpha value is -2.08. The Morgan fingerprint density at radius 1 is 1.21 bits per heavy atom. The molecule has 1 N–H and O–H groups in total. The lowest BCUT2D eigenvalue weighted by atomic mass is 9.95. The Morgan fingerprint density at radius 2 is 1.89 bits per heavy atom. The van der Waals surface area contributed by atoms with Crippen LogP contribution in [0.5, 0.6) is 6.01 Å². The van der Waals surface area contributed by atoms with E-state index in [1.807, 2.05) is 14.0 Å². The van der Waals surface area contributed by atoms with Crippen LogP contribution in [0.3, 0.4) is 0 Å². The SMILES string of the molecule is CC(=O)N[C@@H](C)COC1CCC(Oc2nc3ccc(C(C)C)cc3n2C)CC1. The van der Waals surface area contributed by atoms with Gasteiger partial charge in [-0.15, -0.1) is 0 Å². The van der Waals surface area contributed by atoms with Gasteiger partial charge in [0.15, 0.2) is 0 Å². The van der Waals surface area contributed by atoms with Crippen LogP contribution in [-0.4, -0.2) is 40.3 Å². The number of hydrogen-bond donors (Lipinski definition) is 1. The van der Waals surface area contributed by atoms with Gasteiger partial charge in [0, 0.05) is 20.0 Å². The quantitative estimate of drug-likeness (QED) is 0.782. The van der Waals surface area contributed by atoms with Gasteiger partial charge in [-0.1, -0.05) is 19.9 Å². The summed E-state index contributed by atoms with van der Waals surface area (Å²) >= 11 is 0. The first-order valence-electron chi connectivity index (χ1n) is 10.3. The molecule has 6 nitrogen and oxygen atoms in total. The fourth-order valence-corrected chi connectivity index (χ4v) is 3.78. The van der Waals surface area contributed by atoms with E-state index in [1.165, 1.54) is 12.5 Å². The molecule has 0 spiro atoms. The van der Waals surface area contributed by atoms with Gasteiger partial charge >= 0.3 is 0 Å². The van der Waals surface area contributed by atoms with Crippen molar-refractivity contribution in [2.45, 2.75) is 77.5 Å². The molecular weight excluding hydrogens is 354 g/mol. The van der Waals surface area contributed by atoms with E-state index in [0.29, 0.717) is 18.5 Å². The fraction of sp³-hybridized carbons (Fsp3) is 0.636. The van der Waals surface area contributed by atoms with E-state index in [4.69, 9.17) is 9.47 Å². The maximum atomic E-state index is 11.1. The highest BCUT2D eigenvalue weighted by atomic mass is 16.5. The monoisotopic (exact) mass is 387 g/mol. The van der Waals surface area contributed by atoms with Gasteiger partial charge in [-0.25, -0.2) is 0 Å². The molecule has 2 aromatic rings. The highest BCUT2D eigenvalue weighted by Gasteiger charge is 2.25. The first kappa shape index (κ1) is 20.6. The Balaban J connectivity index is 1.53. The van der Waals surface area contributed by atoms with Gasteiger partial charge in [0.1, 0.15) is 6.10 Å². The van der Waals surface area contributed by atoms with Crippen LogP contribution in [0.4, 0.5) is 0 Å². The van der Waals surface area contributed by atoms with Crippen molar-refractivity contribution in [2.24, 2.45) is 7.05 Å². The molecule has 6 heteroatoms. The smallest absolute Gasteiger partial charge is 0.297 e. The molecule has 0 unspecified atom stereocenters. The molecule has 1 aliphatic rings. The van der Waals surface area contributed by atoms with E-state index in [0.717, 1.165) is 36.7 Å².